The maximum absolute atomic E-state index is 11.3. The molecule has 1 N–H and O–H groups in total. The molecule has 0 heterocycles. The Bertz CT molecular complexity index is 252. The molecule has 0 aliphatic heterocycles. The van der Waals surface area contributed by atoms with E-state index in [4.69, 9.17) is 0 Å². The molecule has 0 aromatic heterocycles. The lowest BCUT2D eigenvalue weighted by Gasteiger charge is -2.16. The van der Waals surface area contributed by atoms with Crippen LogP contribution in [0.5, 0.6) is 0 Å². The Morgan fingerprint density at radius 2 is 1.93 bits per heavy atom. The highest BCUT2D eigenvalue weighted by Crippen LogP contribution is 2.03. The van der Waals surface area contributed by atoms with Crippen LogP contribution in [0.25, 0.3) is 0 Å². The SMILES string of the molecule is CCS(=O)(=O)CC(C)NCC(C)CSC. The largest absolute Gasteiger partial charge is 0.313 e. The molecule has 0 aliphatic carbocycles. The van der Waals surface area contributed by atoms with Crippen molar-refractivity contribution in [1.29, 1.82) is 0 Å². The van der Waals surface area contributed by atoms with Gasteiger partial charge in [-0.15, -0.1) is 0 Å². The van der Waals surface area contributed by atoms with Crippen molar-refractivity contribution in [3.05, 3.63) is 0 Å². The highest BCUT2D eigenvalue weighted by molar-refractivity contribution is 7.98. The smallest absolute Gasteiger partial charge is 0.151 e. The van der Waals surface area contributed by atoms with E-state index in [0.717, 1.165) is 12.3 Å². The van der Waals surface area contributed by atoms with Crippen molar-refractivity contribution in [3.63, 3.8) is 0 Å². The van der Waals surface area contributed by atoms with Gasteiger partial charge in [0, 0.05) is 11.8 Å². The summed E-state index contributed by atoms with van der Waals surface area (Å²) >= 11 is 1.82. The van der Waals surface area contributed by atoms with Crippen LogP contribution < -0.4 is 5.32 Å². The fourth-order valence-corrected chi connectivity index (χ4v) is 3.11. The van der Waals surface area contributed by atoms with Crippen LogP contribution in [-0.4, -0.2) is 44.5 Å². The van der Waals surface area contributed by atoms with E-state index in [1.807, 2.05) is 18.7 Å². The second-order valence-electron chi connectivity index (χ2n) is 4.07. The van der Waals surface area contributed by atoms with E-state index in [0.29, 0.717) is 5.92 Å². The molecule has 0 radical (unpaired) electrons. The van der Waals surface area contributed by atoms with Gasteiger partial charge in [0.1, 0.15) is 0 Å². The zero-order valence-electron chi connectivity index (χ0n) is 10.1. The summed E-state index contributed by atoms with van der Waals surface area (Å²) < 4.78 is 22.7. The minimum absolute atomic E-state index is 0.0549. The Morgan fingerprint density at radius 3 is 2.40 bits per heavy atom. The molecule has 0 amide bonds. The van der Waals surface area contributed by atoms with E-state index in [1.165, 1.54) is 0 Å². The maximum Gasteiger partial charge on any atom is 0.151 e. The van der Waals surface area contributed by atoms with Crippen LogP contribution in [0.4, 0.5) is 0 Å². The van der Waals surface area contributed by atoms with Gasteiger partial charge in [-0.3, -0.25) is 0 Å². The Hall–Kier alpha value is 0.260. The van der Waals surface area contributed by atoms with Crippen molar-refractivity contribution in [2.24, 2.45) is 5.92 Å². The summed E-state index contributed by atoms with van der Waals surface area (Å²) in [7, 11) is -2.85. The maximum atomic E-state index is 11.3. The Labute approximate surface area is 98.3 Å². The number of hydrogen-bond donors (Lipinski definition) is 1. The highest BCUT2D eigenvalue weighted by Gasteiger charge is 2.13. The minimum Gasteiger partial charge on any atom is -0.313 e. The van der Waals surface area contributed by atoms with Crippen LogP contribution in [0.2, 0.25) is 0 Å². The summed E-state index contributed by atoms with van der Waals surface area (Å²) in [4.78, 5) is 0. The lowest BCUT2D eigenvalue weighted by Crippen LogP contribution is -2.36. The summed E-state index contributed by atoms with van der Waals surface area (Å²) in [5.74, 6) is 2.18. The number of thioether (sulfide) groups is 1. The first-order valence-corrected chi connectivity index (χ1v) is 8.55. The Kier molecular flexibility index (Phi) is 7.65. The first kappa shape index (κ1) is 15.3. The summed E-state index contributed by atoms with van der Waals surface area (Å²) in [5, 5.41) is 3.27. The molecule has 0 spiro atoms. The predicted octanol–water partition coefficient (Wildman–Crippen LogP) is 1.40. The van der Waals surface area contributed by atoms with Crippen LogP contribution in [0.15, 0.2) is 0 Å². The quantitative estimate of drug-likeness (QED) is 0.710. The fourth-order valence-electron chi connectivity index (χ4n) is 1.30. The molecule has 15 heavy (non-hydrogen) atoms. The van der Waals surface area contributed by atoms with Crippen LogP contribution >= 0.6 is 11.8 Å². The van der Waals surface area contributed by atoms with Gasteiger partial charge in [0.15, 0.2) is 9.84 Å². The number of sulfone groups is 1. The van der Waals surface area contributed by atoms with Crippen molar-refractivity contribution in [1.82, 2.24) is 5.32 Å². The topological polar surface area (TPSA) is 46.2 Å². The van der Waals surface area contributed by atoms with Crippen LogP contribution in [0.1, 0.15) is 20.8 Å². The third-order valence-corrected chi connectivity index (χ3v) is 5.00. The zero-order chi connectivity index (χ0) is 11.9. The molecule has 0 saturated carbocycles. The summed E-state index contributed by atoms with van der Waals surface area (Å²) in [6, 6.07) is 0.0549. The molecule has 0 aromatic carbocycles. The predicted molar refractivity (Wildman–Crippen MR) is 69.3 cm³/mol. The third kappa shape index (κ3) is 8.11. The average Bonchev–Trinajstić information content (AvgIpc) is 2.15. The fraction of sp³-hybridized carbons (Fsp3) is 1.00. The molecule has 0 aromatic rings. The Balaban J connectivity index is 3.80. The molecular weight excluding hydrogens is 230 g/mol. The standard InChI is InChI=1S/C10H23NO2S2/c1-5-15(12,13)8-10(3)11-6-9(2)7-14-4/h9-11H,5-8H2,1-4H3. The molecule has 0 rings (SSSR count). The van der Waals surface area contributed by atoms with Gasteiger partial charge in [0.05, 0.1) is 5.75 Å². The van der Waals surface area contributed by atoms with E-state index in [9.17, 15) is 8.42 Å². The molecule has 0 bridgehead atoms. The summed E-state index contributed by atoms with van der Waals surface area (Å²) in [6.07, 6.45) is 2.08. The van der Waals surface area contributed by atoms with Crippen molar-refractivity contribution >= 4 is 21.6 Å². The molecular formula is C10H23NO2S2. The van der Waals surface area contributed by atoms with Gasteiger partial charge in [0.25, 0.3) is 0 Å². The molecule has 5 heteroatoms. The molecule has 0 saturated heterocycles. The second kappa shape index (κ2) is 7.52. The van der Waals surface area contributed by atoms with E-state index in [1.54, 1.807) is 6.92 Å². The summed E-state index contributed by atoms with van der Waals surface area (Å²) in [5.41, 5.74) is 0. The van der Waals surface area contributed by atoms with Gasteiger partial charge in [-0.1, -0.05) is 13.8 Å². The van der Waals surface area contributed by atoms with Gasteiger partial charge in [0.2, 0.25) is 0 Å². The van der Waals surface area contributed by atoms with Crippen molar-refractivity contribution < 1.29 is 8.42 Å². The Morgan fingerprint density at radius 1 is 1.33 bits per heavy atom. The third-order valence-electron chi connectivity index (χ3n) is 2.21. The van der Waals surface area contributed by atoms with Crippen molar-refractivity contribution in [3.8, 4) is 0 Å². The summed E-state index contributed by atoms with van der Waals surface area (Å²) in [6.45, 7) is 6.68. The second-order valence-corrected chi connectivity index (χ2v) is 7.38. The number of nitrogens with one attached hydrogen (secondary N) is 1. The van der Waals surface area contributed by atoms with Crippen LogP contribution in [-0.2, 0) is 9.84 Å². The van der Waals surface area contributed by atoms with Gasteiger partial charge in [-0.2, -0.15) is 11.8 Å². The zero-order valence-corrected chi connectivity index (χ0v) is 11.7. The molecule has 92 valence electrons. The van der Waals surface area contributed by atoms with Gasteiger partial charge in [-0.25, -0.2) is 8.42 Å². The molecule has 0 aliphatic rings. The molecule has 0 fully saturated rings. The average molecular weight is 253 g/mol. The van der Waals surface area contributed by atoms with Gasteiger partial charge in [-0.05, 0) is 31.4 Å². The van der Waals surface area contributed by atoms with Crippen molar-refractivity contribution in [2.75, 3.05) is 30.1 Å². The normalized spacial score (nSPS) is 16.3. The van der Waals surface area contributed by atoms with E-state index >= 15 is 0 Å². The van der Waals surface area contributed by atoms with E-state index in [-0.39, 0.29) is 17.5 Å². The molecule has 2 unspecified atom stereocenters. The first-order chi connectivity index (χ1) is 6.91. The minimum atomic E-state index is -2.85. The lowest BCUT2D eigenvalue weighted by atomic mass is 10.2. The molecule has 2 atom stereocenters. The van der Waals surface area contributed by atoms with Gasteiger partial charge >= 0.3 is 0 Å². The number of hydrogen-bond acceptors (Lipinski definition) is 4. The van der Waals surface area contributed by atoms with E-state index < -0.39 is 9.84 Å². The monoisotopic (exact) mass is 253 g/mol. The van der Waals surface area contributed by atoms with Crippen LogP contribution in [0, 0.1) is 5.92 Å². The van der Waals surface area contributed by atoms with E-state index in [2.05, 4.69) is 18.5 Å². The van der Waals surface area contributed by atoms with Crippen molar-refractivity contribution in [2.45, 2.75) is 26.8 Å². The number of rotatable bonds is 8. The first-order valence-electron chi connectivity index (χ1n) is 5.34. The van der Waals surface area contributed by atoms with Gasteiger partial charge < -0.3 is 5.32 Å². The molecule has 3 nitrogen and oxygen atoms in total. The lowest BCUT2D eigenvalue weighted by molar-refractivity contribution is 0.504. The highest BCUT2D eigenvalue weighted by atomic mass is 32.2. The van der Waals surface area contributed by atoms with Crippen LogP contribution in [0.3, 0.4) is 0 Å².